The van der Waals surface area contributed by atoms with E-state index < -0.39 is 0 Å². The fourth-order valence-electron chi connectivity index (χ4n) is 1.60. The molecule has 1 aromatic heterocycles. The first-order valence-electron chi connectivity index (χ1n) is 5.46. The summed E-state index contributed by atoms with van der Waals surface area (Å²) in [6.07, 6.45) is 1.67. The first kappa shape index (κ1) is 11.8. The molecule has 0 aliphatic heterocycles. The summed E-state index contributed by atoms with van der Waals surface area (Å²) in [5.74, 6) is 0. The van der Waals surface area contributed by atoms with Crippen LogP contribution in [0.15, 0.2) is 35.3 Å². The van der Waals surface area contributed by atoms with Gasteiger partial charge in [-0.1, -0.05) is 18.2 Å². The van der Waals surface area contributed by atoms with Gasteiger partial charge in [0.05, 0.1) is 37.9 Å². The Balaban J connectivity index is 2.18. The van der Waals surface area contributed by atoms with Crippen LogP contribution in [0.2, 0.25) is 0 Å². The van der Waals surface area contributed by atoms with Crippen molar-refractivity contribution in [3.8, 4) is 0 Å². The predicted octanol–water partition coefficient (Wildman–Crippen LogP) is 0.405. The third-order valence-corrected chi connectivity index (χ3v) is 2.44. The topological polar surface area (TPSA) is 64.4 Å². The lowest BCUT2D eigenvalue weighted by molar-refractivity contribution is 0.0848. The monoisotopic (exact) mass is 234 g/mol. The van der Waals surface area contributed by atoms with E-state index in [4.69, 9.17) is 9.84 Å². The molecule has 0 atom stereocenters. The van der Waals surface area contributed by atoms with Crippen LogP contribution in [0.3, 0.4) is 0 Å². The Morgan fingerprint density at radius 1 is 1.29 bits per heavy atom. The van der Waals surface area contributed by atoms with Gasteiger partial charge in [-0.05, 0) is 6.07 Å². The lowest BCUT2D eigenvalue weighted by atomic mass is 10.2. The molecule has 0 radical (unpaired) electrons. The van der Waals surface area contributed by atoms with Crippen LogP contribution < -0.4 is 5.56 Å². The second kappa shape index (κ2) is 5.56. The SMILES string of the molecule is O=c1c2ccccc2cnn1CCOCCO. The number of hydrogen-bond acceptors (Lipinski definition) is 4. The minimum absolute atomic E-state index is 0.0138. The second-order valence-electron chi connectivity index (χ2n) is 3.60. The summed E-state index contributed by atoms with van der Waals surface area (Å²) >= 11 is 0. The number of nitrogens with zero attached hydrogens (tertiary/aromatic N) is 2. The van der Waals surface area contributed by atoms with Gasteiger partial charge in [-0.15, -0.1) is 0 Å². The lowest BCUT2D eigenvalue weighted by Gasteiger charge is -2.06. The Labute approximate surface area is 98.3 Å². The number of aliphatic hydroxyl groups excluding tert-OH is 1. The van der Waals surface area contributed by atoms with Crippen molar-refractivity contribution in [2.24, 2.45) is 0 Å². The standard InChI is InChI=1S/C12H14N2O3/c15-6-8-17-7-5-14-12(16)11-4-2-1-3-10(11)9-13-14/h1-4,9,15H,5-8H2. The van der Waals surface area contributed by atoms with Gasteiger partial charge in [0.15, 0.2) is 0 Å². The third kappa shape index (κ3) is 2.69. The molecule has 0 unspecified atom stereocenters. The summed E-state index contributed by atoms with van der Waals surface area (Å²) in [5.41, 5.74) is -0.115. The predicted molar refractivity (Wildman–Crippen MR) is 63.9 cm³/mol. The molecule has 0 aliphatic carbocycles. The van der Waals surface area contributed by atoms with Gasteiger partial charge in [-0.2, -0.15) is 5.10 Å². The van der Waals surface area contributed by atoms with Gasteiger partial charge in [-0.3, -0.25) is 4.79 Å². The molecule has 0 saturated heterocycles. The minimum Gasteiger partial charge on any atom is -0.394 e. The molecule has 90 valence electrons. The van der Waals surface area contributed by atoms with E-state index in [2.05, 4.69) is 5.10 Å². The largest absolute Gasteiger partial charge is 0.394 e. The van der Waals surface area contributed by atoms with Gasteiger partial charge in [-0.25, -0.2) is 4.68 Å². The maximum Gasteiger partial charge on any atom is 0.274 e. The summed E-state index contributed by atoms with van der Waals surface area (Å²) in [7, 11) is 0. The summed E-state index contributed by atoms with van der Waals surface area (Å²) in [5, 5.41) is 14.1. The van der Waals surface area contributed by atoms with E-state index in [1.54, 1.807) is 12.3 Å². The molecule has 2 aromatic rings. The van der Waals surface area contributed by atoms with Crippen molar-refractivity contribution in [1.29, 1.82) is 0 Å². The molecule has 0 bridgehead atoms. The van der Waals surface area contributed by atoms with Crippen molar-refractivity contribution < 1.29 is 9.84 Å². The van der Waals surface area contributed by atoms with Crippen molar-refractivity contribution in [2.45, 2.75) is 6.54 Å². The van der Waals surface area contributed by atoms with Crippen LogP contribution in [-0.4, -0.2) is 34.7 Å². The van der Waals surface area contributed by atoms with Crippen LogP contribution in [0.25, 0.3) is 10.8 Å². The average Bonchev–Trinajstić information content (AvgIpc) is 2.37. The van der Waals surface area contributed by atoms with Gasteiger partial charge < -0.3 is 9.84 Å². The minimum atomic E-state index is -0.115. The van der Waals surface area contributed by atoms with Gasteiger partial charge in [0.2, 0.25) is 0 Å². The molecule has 5 nitrogen and oxygen atoms in total. The summed E-state index contributed by atoms with van der Waals surface area (Å²) in [6, 6.07) is 7.34. The normalized spacial score (nSPS) is 10.9. The Morgan fingerprint density at radius 3 is 2.94 bits per heavy atom. The number of aliphatic hydroxyl groups is 1. The smallest absolute Gasteiger partial charge is 0.274 e. The second-order valence-corrected chi connectivity index (χ2v) is 3.60. The zero-order valence-corrected chi connectivity index (χ0v) is 9.37. The molecular weight excluding hydrogens is 220 g/mol. The molecule has 1 heterocycles. The van der Waals surface area contributed by atoms with Gasteiger partial charge in [0.25, 0.3) is 5.56 Å². The van der Waals surface area contributed by atoms with Crippen LogP contribution >= 0.6 is 0 Å². The van der Waals surface area contributed by atoms with Gasteiger partial charge in [0, 0.05) is 5.39 Å². The van der Waals surface area contributed by atoms with Gasteiger partial charge in [0.1, 0.15) is 0 Å². The zero-order chi connectivity index (χ0) is 12.1. The lowest BCUT2D eigenvalue weighted by Crippen LogP contribution is -2.25. The van der Waals surface area contributed by atoms with E-state index in [0.29, 0.717) is 18.5 Å². The number of aromatic nitrogens is 2. The molecule has 0 saturated carbocycles. The fourth-order valence-corrected chi connectivity index (χ4v) is 1.60. The molecule has 1 N–H and O–H groups in total. The summed E-state index contributed by atoms with van der Waals surface area (Å²) in [4.78, 5) is 12.0. The van der Waals surface area contributed by atoms with E-state index >= 15 is 0 Å². The molecule has 0 aliphatic rings. The third-order valence-electron chi connectivity index (χ3n) is 2.44. The van der Waals surface area contributed by atoms with E-state index in [0.717, 1.165) is 5.39 Å². The first-order chi connectivity index (χ1) is 8.33. The number of fused-ring (bicyclic) bond motifs is 1. The van der Waals surface area contributed by atoms with Crippen molar-refractivity contribution in [3.63, 3.8) is 0 Å². The van der Waals surface area contributed by atoms with Gasteiger partial charge >= 0.3 is 0 Å². The van der Waals surface area contributed by atoms with E-state index in [9.17, 15) is 4.79 Å². The molecule has 17 heavy (non-hydrogen) atoms. The Bertz CT molecular complexity index is 551. The van der Waals surface area contributed by atoms with Crippen molar-refractivity contribution in [1.82, 2.24) is 9.78 Å². The number of ether oxygens (including phenoxy) is 1. The van der Waals surface area contributed by atoms with Crippen molar-refractivity contribution >= 4 is 10.8 Å². The fraction of sp³-hybridized carbons (Fsp3) is 0.333. The molecule has 1 aromatic carbocycles. The quantitative estimate of drug-likeness (QED) is 0.761. The molecule has 0 spiro atoms. The number of rotatable bonds is 5. The molecule has 5 heteroatoms. The van der Waals surface area contributed by atoms with Crippen LogP contribution in [0.4, 0.5) is 0 Å². The summed E-state index contributed by atoms with van der Waals surface area (Å²) < 4.78 is 6.48. The molecular formula is C12H14N2O3. The number of benzene rings is 1. The highest BCUT2D eigenvalue weighted by atomic mass is 16.5. The van der Waals surface area contributed by atoms with Crippen molar-refractivity contribution in [2.75, 3.05) is 19.8 Å². The molecule has 2 rings (SSSR count). The molecule has 0 amide bonds. The van der Waals surface area contributed by atoms with Crippen LogP contribution in [0, 0.1) is 0 Å². The molecule has 0 fully saturated rings. The Morgan fingerprint density at radius 2 is 2.12 bits per heavy atom. The van der Waals surface area contributed by atoms with Crippen molar-refractivity contribution in [3.05, 3.63) is 40.8 Å². The Hall–Kier alpha value is -1.72. The first-order valence-corrected chi connectivity index (χ1v) is 5.46. The Kier molecular flexibility index (Phi) is 3.85. The zero-order valence-electron chi connectivity index (χ0n) is 9.37. The van der Waals surface area contributed by atoms with Crippen LogP contribution in [0.5, 0.6) is 0 Å². The summed E-state index contributed by atoms with van der Waals surface area (Å²) in [6.45, 7) is 1.03. The maximum atomic E-state index is 12.0. The van der Waals surface area contributed by atoms with E-state index in [-0.39, 0.29) is 18.8 Å². The average molecular weight is 234 g/mol. The highest BCUT2D eigenvalue weighted by molar-refractivity contribution is 5.80. The van der Waals surface area contributed by atoms with Crippen LogP contribution in [-0.2, 0) is 11.3 Å². The van der Waals surface area contributed by atoms with E-state index in [1.807, 2.05) is 18.2 Å². The maximum absolute atomic E-state index is 12.0. The number of hydrogen-bond donors (Lipinski definition) is 1. The highest BCUT2D eigenvalue weighted by Crippen LogP contribution is 2.05. The highest BCUT2D eigenvalue weighted by Gasteiger charge is 2.02. The van der Waals surface area contributed by atoms with Crippen LogP contribution in [0.1, 0.15) is 0 Å². The van der Waals surface area contributed by atoms with E-state index in [1.165, 1.54) is 4.68 Å².